The second-order valence-corrected chi connectivity index (χ2v) is 5.49. The Morgan fingerprint density at radius 2 is 1.70 bits per heavy atom. The second-order valence-electron chi connectivity index (χ2n) is 5.49. The molecule has 0 radical (unpaired) electrons. The molecular weight excluding hydrogens is 292 g/mol. The Morgan fingerprint density at radius 1 is 1.04 bits per heavy atom. The van der Waals surface area contributed by atoms with Crippen LogP contribution in [0.1, 0.15) is 15.9 Å². The molecule has 1 N–H and O–H groups in total. The lowest BCUT2D eigenvalue weighted by Crippen LogP contribution is -2.56. The van der Waals surface area contributed by atoms with Gasteiger partial charge in [-0.05, 0) is 31.2 Å². The van der Waals surface area contributed by atoms with E-state index >= 15 is 0 Å². The minimum atomic E-state index is -0.589. The number of fused-ring (bicyclic) bond motifs is 1. The van der Waals surface area contributed by atoms with Crippen LogP contribution >= 0.6 is 0 Å². The SMILES string of the molecule is COC(OC)[C@H]1Nc2ccccc2C(=O)N1c1ccc(C)cc1. The third-order valence-corrected chi connectivity index (χ3v) is 3.99. The molecule has 3 rings (SSSR count). The van der Waals surface area contributed by atoms with Crippen molar-refractivity contribution in [2.24, 2.45) is 0 Å². The fraction of sp³-hybridized carbons (Fsp3) is 0.278. The number of aryl methyl sites for hydroxylation is 1. The van der Waals surface area contributed by atoms with Gasteiger partial charge in [0.05, 0.1) is 5.56 Å². The minimum Gasteiger partial charge on any atom is -0.360 e. The quantitative estimate of drug-likeness (QED) is 0.882. The van der Waals surface area contributed by atoms with Crippen LogP contribution in [0.4, 0.5) is 11.4 Å². The molecule has 0 saturated heterocycles. The zero-order valence-electron chi connectivity index (χ0n) is 13.4. The van der Waals surface area contributed by atoms with Crippen LogP contribution in [0.2, 0.25) is 0 Å². The number of carbonyl (C=O) groups excluding carboxylic acids is 1. The lowest BCUT2D eigenvalue weighted by Gasteiger charge is -2.40. The van der Waals surface area contributed by atoms with Gasteiger partial charge in [0.2, 0.25) is 0 Å². The van der Waals surface area contributed by atoms with E-state index < -0.39 is 12.5 Å². The van der Waals surface area contributed by atoms with Gasteiger partial charge in [-0.1, -0.05) is 29.8 Å². The summed E-state index contributed by atoms with van der Waals surface area (Å²) in [6, 6.07) is 15.3. The molecule has 0 bridgehead atoms. The number of nitrogens with zero attached hydrogens (tertiary/aromatic N) is 1. The lowest BCUT2D eigenvalue weighted by atomic mass is 10.1. The summed E-state index contributed by atoms with van der Waals surface area (Å²) in [5.74, 6) is -0.0766. The Balaban J connectivity index is 2.08. The van der Waals surface area contributed by atoms with Gasteiger partial charge in [-0.3, -0.25) is 9.69 Å². The van der Waals surface area contributed by atoms with Crippen LogP contribution in [0.25, 0.3) is 0 Å². The molecule has 1 atom stereocenters. The second kappa shape index (κ2) is 6.40. The maximum absolute atomic E-state index is 13.0. The van der Waals surface area contributed by atoms with Gasteiger partial charge < -0.3 is 14.8 Å². The largest absolute Gasteiger partial charge is 0.360 e. The first-order chi connectivity index (χ1) is 11.2. The zero-order valence-corrected chi connectivity index (χ0v) is 13.4. The molecule has 0 unspecified atom stereocenters. The maximum atomic E-state index is 13.0. The molecule has 0 saturated carbocycles. The maximum Gasteiger partial charge on any atom is 0.262 e. The third kappa shape index (κ3) is 2.81. The summed E-state index contributed by atoms with van der Waals surface area (Å²) in [6.07, 6.45) is -1.04. The summed E-state index contributed by atoms with van der Waals surface area (Å²) in [5.41, 5.74) is 3.35. The summed E-state index contributed by atoms with van der Waals surface area (Å²) in [5, 5.41) is 3.35. The average molecular weight is 312 g/mol. The molecule has 0 aromatic heterocycles. The number of ether oxygens (including phenoxy) is 2. The van der Waals surface area contributed by atoms with E-state index in [0.717, 1.165) is 16.9 Å². The molecule has 23 heavy (non-hydrogen) atoms. The van der Waals surface area contributed by atoms with Crippen LogP contribution in [0, 0.1) is 6.92 Å². The van der Waals surface area contributed by atoms with Gasteiger partial charge >= 0.3 is 0 Å². The van der Waals surface area contributed by atoms with Gasteiger partial charge in [-0.25, -0.2) is 0 Å². The predicted molar refractivity (Wildman–Crippen MR) is 89.6 cm³/mol. The zero-order chi connectivity index (χ0) is 16.4. The van der Waals surface area contributed by atoms with E-state index in [1.54, 1.807) is 19.1 Å². The molecule has 5 nitrogen and oxygen atoms in total. The summed E-state index contributed by atoms with van der Waals surface area (Å²) in [4.78, 5) is 14.7. The number of benzene rings is 2. The number of rotatable bonds is 4. The summed E-state index contributed by atoms with van der Waals surface area (Å²) < 4.78 is 10.8. The fourth-order valence-electron chi connectivity index (χ4n) is 2.80. The number of anilines is 2. The van der Waals surface area contributed by atoms with E-state index in [4.69, 9.17) is 9.47 Å². The number of methoxy groups -OCH3 is 2. The van der Waals surface area contributed by atoms with Crippen LogP contribution in [-0.4, -0.2) is 32.6 Å². The first-order valence-corrected chi connectivity index (χ1v) is 7.47. The van der Waals surface area contributed by atoms with E-state index in [1.807, 2.05) is 55.5 Å². The molecule has 2 aromatic rings. The molecule has 1 aliphatic heterocycles. The highest BCUT2D eigenvalue weighted by Crippen LogP contribution is 2.31. The van der Waals surface area contributed by atoms with Crippen molar-refractivity contribution in [1.29, 1.82) is 0 Å². The summed E-state index contributed by atoms with van der Waals surface area (Å²) >= 11 is 0. The Labute approximate surface area is 135 Å². The number of nitrogens with one attached hydrogen (secondary N) is 1. The number of hydrogen-bond donors (Lipinski definition) is 1. The summed E-state index contributed by atoms with van der Waals surface area (Å²) in [7, 11) is 3.13. The first-order valence-electron chi connectivity index (χ1n) is 7.47. The number of hydrogen-bond acceptors (Lipinski definition) is 4. The monoisotopic (exact) mass is 312 g/mol. The molecule has 1 aliphatic rings. The lowest BCUT2D eigenvalue weighted by molar-refractivity contribution is -0.111. The minimum absolute atomic E-state index is 0.0766. The van der Waals surface area contributed by atoms with E-state index in [0.29, 0.717) is 5.56 Å². The highest BCUT2D eigenvalue weighted by molar-refractivity contribution is 6.12. The van der Waals surface area contributed by atoms with E-state index in [2.05, 4.69) is 5.32 Å². The van der Waals surface area contributed by atoms with Gasteiger partial charge in [-0.2, -0.15) is 0 Å². The van der Waals surface area contributed by atoms with Crippen molar-refractivity contribution in [3.8, 4) is 0 Å². The van der Waals surface area contributed by atoms with Crippen molar-refractivity contribution in [3.63, 3.8) is 0 Å². The number of carbonyl (C=O) groups is 1. The fourth-order valence-corrected chi connectivity index (χ4v) is 2.80. The molecule has 0 fully saturated rings. The molecule has 120 valence electrons. The van der Waals surface area contributed by atoms with Crippen molar-refractivity contribution in [2.75, 3.05) is 24.4 Å². The van der Waals surface area contributed by atoms with E-state index in [1.165, 1.54) is 0 Å². The molecule has 5 heteroatoms. The van der Waals surface area contributed by atoms with E-state index in [-0.39, 0.29) is 5.91 Å². The highest BCUT2D eigenvalue weighted by atomic mass is 16.7. The Bertz CT molecular complexity index is 696. The summed E-state index contributed by atoms with van der Waals surface area (Å²) in [6.45, 7) is 2.01. The first kappa shape index (κ1) is 15.5. The van der Waals surface area contributed by atoms with Crippen LogP contribution in [-0.2, 0) is 9.47 Å². The Morgan fingerprint density at radius 3 is 2.35 bits per heavy atom. The third-order valence-electron chi connectivity index (χ3n) is 3.99. The van der Waals surface area contributed by atoms with Crippen molar-refractivity contribution < 1.29 is 14.3 Å². The van der Waals surface area contributed by atoms with Gasteiger partial charge in [0.25, 0.3) is 5.91 Å². The average Bonchev–Trinajstić information content (AvgIpc) is 2.57. The standard InChI is InChI=1S/C18H20N2O3/c1-12-8-10-13(11-9-12)20-16(18(22-2)23-3)19-15-7-5-4-6-14(15)17(20)21/h4-11,16,18-19H,1-3H3/t16-/m0/s1. The van der Waals surface area contributed by atoms with Crippen molar-refractivity contribution in [3.05, 3.63) is 59.7 Å². The van der Waals surface area contributed by atoms with E-state index in [9.17, 15) is 4.79 Å². The molecule has 1 amide bonds. The van der Waals surface area contributed by atoms with Gasteiger partial charge in [0.15, 0.2) is 12.5 Å². The Kier molecular flexibility index (Phi) is 4.32. The molecule has 0 spiro atoms. The highest BCUT2D eigenvalue weighted by Gasteiger charge is 2.38. The number of para-hydroxylation sites is 1. The molecule has 2 aromatic carbocycles. The van der Waals surface area contributed by atoms with Crippen LogP contribution < -0.4 is 10.2 Å². The Hall–Kier alpha value is -2.37. The van der Waals surface area contributed by atoms with Gasteiger partial charge in [0.1, 0.15) is 0 Å². The van der Waals surface area contributed by atoms with Crippen molar-refractivity contribution >= 4 is 17.3 Å². The number of amides is 1. The van der Waals surface area contributed by atoms with Crippen molar-refractivity contribution in [2.45, 2.75) is 19.4 Å². The van der Waals surface area contributed by atoms with Gasteiger partial charge in [-0.15, -0.1) is 0 Å². The van der Waals surface area contributed by atoms with Gasteiger partial charge in [0, 0.05) is 25.6 Å². The molecular formula is C18H20N2O3. The van der Waals surface area contributed by atoms with Crippen LogP contribution in [0.5, 0.6) is 0 Å². The molecule has 0 aliphatic carbocycles. The predicted octanol–water partition coefficient (Wildman–Crippen LogP) is 3.01. The smallest absolute Gasteiger partial charge is 0.262 e. The van der Waals surface area contributed by atoms with Crippen LogP contribution in [0.3, 0.4) is 0 Å². The normalized spacial score (nSPS) is 17.1. The topological polar surface area (TPSA) is 50.8 Å². The molecule has 1 heterocycles. The van der Waals surface area contributed by atoms with Crippen molar-refractivity contribution in [1.82, 2.24) is 0 Å². The van der Waals surface area contributed by atoms with Crippen LogP contribution in [0.15, 0.2) is 48.5 Å².